The summed E-state index contributed by atoms with van der Waals surface area (Å²) in [5.74, 6) is -0.798. The van der Waals surface area contributed by atoms with E-state index in [1.54, 1.807) is 5.51 Å². The van der Waals surface area contributed by atoms with Crippen molar-refractivity contribution >= 4 is 23.2 Å². The third kappa shape index (κ3) is 6.68. The molecule has 0 fully saturated rings. The van der Waals surface area contributed by atoms with Crippen LogP contribution in [0.1, 0.15) is 31.4 Å². The van der Waals surface area contributed by atoms with Gasteiger partial charge >= 0.3 is 5.97 Å². The maximum Gasteiger partial charge on any atom is 0.303 e. The van der Waals surface area contributed by atoms with Gasteiger partial charge in [0.1, 0.15) is 0 Å². The van der Waals surface area contributed by atoms with Crippen LogP contribution >= 0.6 is 11.3 Å². The molecule has 6 heteroatoms. The summed E-state index contributed by atoms with van der Waals surface area (Å²) < 4.78 is 0. The Morgan fingerprint density at radius 2 is 2.18 bits per heavy atom. The number of hydrogen-bond donors (Lipinski definition) is 2. The van der Waals surface area contributed by atoms with Gasteiger partial charge in [0, 0.05) is 24.8 Å². The predicted octanol–water partition coefficient (Wildman–Crippen LogP) is 1.45. The number of aryl methyl sites for hydroxylation is 1. The summed E-state index contributed by atoms with van der Waals surface area (Å²) in [6.45, 7) is 0.545. The van der Waals surface area contributed by atoms with E-state index in [9.17, 15) is 9.59 Å². The first kappa shape index (κ1) is 13.6. The van der Waals surface area contributed by atoms with Crippen LogP contribution in [0.2, 0.25) is 0 Å². The van der Waals surface area contributed by atoms with Crippen molar-refractivity contribution in [3.63, 3.8) is 0 Å². The molecule has 0 bridgehead atoms. The van der Waals surface area contributed by atoms with Gasteiger partial charge < -0.3 is 10.4 Å². The van der Waals surface area contributed by atoms with Crippen LogP contribution in [-0.2, 0) is 16.0 Å². The van der Waals surface area contributed by atoms with Crippen LogP contribution in [0.25, 0.3) is 0 Å². The quantitative estimate of drug-likeness (QED) is 0.690. The molecule has 1 heterocycles. The SMILES string of the molecule is O=C(O)CCCCNC(=O)CCc1cscn1. The topological polar surface area (TPSA) is 79.3 Å². The first-order valence-corrected chi connectivity index (χ1v) is 6.48. The molecule has 94 valence electrons. The molecular weight excluding hydrogens is 240 g/mol. The Kier molecular flexibility index (Phi) is 6.24. The van der Waals surface area contributed by atoms with Crippen molar-refractivity contribution in [1.29, 1.82) is 0 Å². The molecule has 0 radical (unpaired) electrons. The molecule has 0 atom stereocenters. The van der Waals surface area contributed by atoms with E-state index in [0.717, 1.165) is 5.69 Å². The van der Waals surface area contributed by atoms with Crippen molar-refractivity contribution in [2.75, 3.05) is 6.54 Å². The highest BCUT2D eigenvalue weighted by Crippen LogP contribution is 2.03. The van der Waals surface area contributed by atoms with Crippen LogP contribution in [0.4, 0.5) is 0 Å². The highest BCUT2D eigenvalue weighted by molar-refractivity contribution is 7.07. The van der Waals surface area contributed by atoms with E-state index in [-0.39, 0.29) is 12.3 Å². The van der Waals surface area contributed by atoms with Crippen LogP contribution in [0.3, 0.4) is 0 Å². The number of unbranched alkanes of at least 4 members (excludes halogenated alkanes) is 1. The number of nitrogens with one attached hydrogen (secondary N) is 1. The number of amides is 1. The lowest BCUT2D eigenvalue weighted by Crippen LogP contribution is -2.24. The van der Waals surface area contributed by atoms with Crippen molar-refractivity contribution in [3.8, 4) is 0 Å². The Hall–Kier alpha value is -1.43. The number of rotatable bonds is 8. The Morgan fingerprint density at radius 3 is 2.82 bits per heavy atom. The first-order chi connectivity index (χ1) is 8.18. The molecule has 5 nitrogen and oxygen atoms in total. The third-order valence-corrected chi connectivity index (χ3v) is 2.87. The third-order valence-electron chi connectivity index (χ3n) is 2.23. The second kappa shape index (κ2) is 7.78. The molecule has 1 amide bonds. The van der Waals surface area contributed by atoms with Gasteiger partial charge in [0.25, 0.3) is 0 Å². The molecule has 1 aromatic rings. The van der Waals surface area contributed by atoms with E-state index in [1.807, 2.05) is 5.38 Å². The number of carbonyl (C=O) groups excluding carboxylic acids is 1. The van der Waals surface area contributed by atoms with E-state index in [2.05, 4.69) is 10.3 Å². The summed E-state index contributed by atoms with van der Waals surface area (Å²) in [4.78, 5) is 25.7. The summed E-state index contributed by atoms with van der Waals surface area (Å²) in [7, 11) is 0. The normalized spacial score (nSPS) is 10.1. The van der Waals surface area contributed by atoms with E-state index in [1.165, 1.54) is 11.3 Å². The van der Waals surface area contributed by atoms with Crippen molar-refractivity contribution < 1.29 is 14.7 Å². The largest absolute Gasteiger partial charge is 0.481 e. The van der Waals surface area contributed by atoms with E-state index < -0.39 is 5.97 Å². The smallest absolute Gasteiger partial charge is 0.303 e. The summed E-state index contributed by atoms with van der Waals surface area (Å²) in [5.41, 5.74) is 2.69. The number of carbonyl (C=O) groups is 2. The van der Waals surface area contributed by atoms with Gasteiger partial charge in [-0.3, -0.25) is 9.59 Å². The number of nitrogens with zero attached hydrogens (tertiary/aromatic N) is 1. The van der Waals surface area contributed by atoms with E-state index in [4.69, 9.17) is 5.11 Å². The van der Waals surface area contributed by atoms with Gasteiger partial charge in [-0.2, -0.15) is 0 Å². The van der Waals surface area contributed by atoms with Crippen LogP contribution in [0.5, 0.6) is 0 Å². The van der Waals surface area contributed by atoms with Crippen molar-refractivity contribution in [1.82, 2.24) is 10.3 Å². The van der Waals surface area contributed by atoms with Crippen LogP contribution < -0.4 is 5.32 Å². The second-order valence-corrected chi connectivity index (χ2v) is 4.40. The standard InChI is InChI=1S/C11H16N2O3S/c14-10(5-4-9-7-17-8-13-9)12-6-2-1-3-11(15)16/h7-8H,1-6H2,(H,12,14)(H,15,16). The molecule has 0 unspecified atom stereocenters. The van der Waals surface area contributed by atoms with Gasteiger partial charge in [-0.25, -0.2) is 4.98 Å². The van der Waals surface area contributed by atoms with Crippen LogP contribution in [-0.4, -0.2) is 28.5 Å². The maximum atomic E-state index is 11.4. The molecule has 1 rings (SSSR count). The number of hydrogen-bond acceptors (Lipinski definition) is 4. The molecule has 0 spiro atoms. The lowest BCUT2D eigenvalue weighted by atomic mass is 10.2. The second-order valence-electron chi connectivity index (χ2n) is 3.68. The Morgan fingerprint density at radius 1 is 1.35 bits per heavy atom. The summed E-state index contributed by atoms with van der Waals surface area (Å²) >= 11 is 1.52. The van der Waals surface area contributed by atoms with E-state index >= 15 is 0 Å². The van der Waals surface area contributed by atoms with Crippen LogP contribution in [0.15, 0.2) is 10.9 Å². The lowest BCUT2D eigenvalue weighted by molar-refractivity contribution is -0.137. The number of carboxylic acids is 1. The number of thiazole rings is 1. The Labute approximate surface area is 104 Å². The van der Waals surface area contributed by atoms with Gasteiger partial charge in [0.2, 0.25) is 5.91 Å². The summed E-state index contributed by atoms with van der Waals surface area (Å²) in [5, 5.41) is 13.1. The fourth-order valence-corrected chi connectivity index (χ4v) is 1.91. The molecule has 0 aromatic carbocycles. The number of aromatic nitrogens is 1. The first-order valence-electron chi connectivity index (χ1n) is 5.54. The van der Waals surface area contributed by atoms with Gasteiger partial charge in [-0.15, -0.1) is 11.3 Å². The minimum atomic E-state index is -0.792. The number of aliphatic carboxylic acids is 1. The molecule has 2 N–H and O–H groups in total. The highest BCUT2D eigenvalue weighted by atomic mass is 32.1. The molecular formula is C11H16N2O3S. The molecule has 0 aliphatic carbocycles. The molecule has 0 aliphatic rings. The highest BCUT2D eigenvalue weighted by Gasteiger charge is 2.03. The lowest BCUT2D eigenvalue weighted by Gasteiger charge is -2.03. The average molecular weight is 256 g/mol. The average Bonchev–Trinajstić information content (AvgIpc) is 2.78. The minimum Gasteiger partial charge on any atom is -0.481 e. The monoisotopic (exact) mass is 256 g/mol. The Balaban J connectivity index is 2.00. The molecule has 17 heavy (non-hydrogen) atoms. The van der Waals surface area contributed by atoms with Crippen molar-refractivity contribution in [3.05, 3.63) is 16.6 Å². The molecule has 1 aromatic heterocycles. The molecule has 0 saturated carbocycles. The van der Waals surface area contributed by atoms with E-state index in [0.29, 0.717) is 32.2 Å². The molecule has 0 saturated heterocycles. The zero-order valence-corrected chi connectivity index (χ0v) is 10.3. The van der Waals surface area contributed by atoms with Crippen molar-refractivity contribution in [2.45, 2.75) is 32.1 Å². The maximum absolute atomic E-state index is 11.4. The van der Waals surface area contributed by atoms with Gasteiger partial charge in [0.15, 0.2) is 0 Å². The predicted molar refractivity (Wildman–Crippen MR) is 64.9 cm³/mol. The van der Waals surface area contributed by atoms with Gasteiger partial charge in [0.05, 0.1) is 11.2 Å². The summed E-state index contributed by atoms with van der Waals surface area (Å²) in [6, 6.07) is 0. The fraction of sp³-hybridized carbons (Fsp3) is 0.545. The van der Waals surface area contributed by atoms with Gasteiger partial charge in [-0.1, -0.05) is 0 Å². The fourth-order valence-electron chi connectivity index (χ4n) is 1.32. The van der Waals surface area contributed by atoms with Gasteiger partial charge in [-0.05, 0) is 19.3 Å². The summed E-state index contributed by atoms with van der Waals surface area (Å²) in [6.07, 6.45) is 2.55. The molecule has 0 aliphatic heterocycles. The Bertz CT molecular complexity index is 352. The minimum absolute atomic E-state index is 0.00618. The number of carboxylic acid groups (broad SMARTS) is 1. The zero-order valence-electron chi connectivity index (χ0n) is 9.52. The van der Waals surface area contributed by atoms with Crippen LogP contribution in [0, 0.1) is 0 Å². The van der Waals surface area contributed by atoms with Crippen molar-refractivity contribution in [2.24, 2.45) is 0 Å². The zero-order chi connectivity index (χ0) is 12.5.